The molecule has 1 saturated carbocycles. The molecule has 96 valence electrons. The monoisotopic (exact) mass is 238 g/mol. The van der Waals surface area contributed by atoms with Gasteiger partial charge in [-0.3, -0.25) is 4.79 Å². The molecule has 0 radical (unpaired) electrons. The largest absolute Gasteiger partial charge is 0.391 e. The quantitative estimate of drug-likeness (QED) is 0.781. The van der Waals surface area contributed by atoms with Crippen molar-refractivity contribution in [1.82, 2.24) is 5.32 Å². The highest BCUT2D eigenvalue weighted by Gasteiger charge is 2.39. The molecule has 0 saturated heterocycles. The van der Waals surface area contributed by atoms with E-state index in [-0.39, 0.29) is 18.4 Å². The molecule has 0 aromatic heterocycles. The number of nitrogens with zero attached hydrogens (tertiary/aromatic N) is 1. The number of aliphatic hydroxyl groups is 1. The third-order valence-electron chi connectivity index (χ3n) is 3.60. The van der Waals surface area contributed by atoms with Gasteiger partial charge in [0.25, 0.3) is 0 Å². The van der Waals surface area contributed by atoms with E-state index >= 15 is 0 Å². The smallest absolute Gasteiger partial charge is 0.240 e. The van der Waals surface area contributed by atoms with Gasteiger partial charge >= 0.3 is 0 Å². The Bertz CT molecular complexity index is 301. The van der Waals surface area contributed by atoms with E-state index in [4.69, 9.17) is 0 Å². The predicted octanol–water partition coefficient (Wildman–Crippen LogP) is 1.59. The molecular weight excluding hydrogens is 216 g/mol. The topological polar surface area (TPSA) is 73.1 Å². The van der Waals surface area contributed by atoms with Crippen LogP contribution in [-0.4, -0.2) is 23.7 Å². The Morgan fingerprint density at radius 3 is 2.47 bits per heavy atom. The first-order valence-electron chi connectivity index (χ1n) is 6.39. The number of carbonyl (C=O) groups excluding carboxylic acids is 1. The van der Waals surface area contributed by atoms with Gasteiger partial charge in [-0.15, -0.1) is 0 Å². The van der Waals surface area contributed by atoms with Crippen LogP contribution in [0.3, 0.4) is 0 Å². The van der Waals surface area contributed by atoms with Gasteiger partial charge in [0.2, 0.25) is 5.91 Å². The molecule has 0 aliphatic heterocycles. The lowest BCUT2D eigenvalue weighted by Gasteiger charge is -2.29. The molecule has 1 fully saturated rings. The number of aliphatic hydroxyl groups excluding tert-OH is 1. The minimum Gasteiger partial charge on any atom is -0.391 e. The lowest BCUT2D eigenvalue weighted by molar-refractivity contribution is -0.130. The number of hydrogen-bond donors (Lipinski definition) is 2. The summed E-state index contributed by atoms with van der Waals surface area (Å²) in [5.41, 5.74) is -0.852. The lowest BCUT2D eigenvalue weighted by atomic mass is 9.74. The summed E-state index contributed by atoms with van der Waals surface area (Å²) in [5, 5.41) is 21.6. The SMILES string of the molecule is CC(C)C(O)CNC(=O)C1(C#N)CCCCC1. The maximum atomic E-state index is 12.0. The number of amides is 1. The number of nitrogens with one attached hydrogen (secondary N) is 1. The van der Waals surface area contributed by atoms with Crippen molar-refractivity contribution in [2.75, 3.05) is 6.54 Å². The number of rotatable bonds is 4. The van der Waals surface area contributed by atoms with Crippen LogP contribution in [0.2, 0.25) is 0 Å². The third-order valence-corrected chi connectivity index (χ3v) is 3.60. The molecule has 0 spiro atoms. The van der Waals surface area contributed by atoms with Crippen LogP contribution in [-0.2, 0) is 4.79 Å². The second-order valence-electron chi connectivity index (χ2n) is 5.28. The van der Waals surface area contributed by atoms with E-state index in [1.807, 2.05) is 13.8 Å². The predicted molar refractivity (Wildman–Crippen MR) is 65.0 cm³/mol. The molecule has 2 N–H and O–H groups in total. The van der Waals surface area contributed by atoms with Crippen molar-refractivity contribution < 1.29 is 9.90 Å². The van der Waals surface area contributed by atoms with Gasteiger partial charge in [-0.25, -0.2) is 0 Å². The van der Waals surface area contributed by atoms with Crippen LogP contribution in [0.5, 0.6) is 0 Å². The lowest BCUT2D eigenvalue weighted by Crippen LogP contribution is -2.44. The van der Waals surface area contributed by atoms with Gasteiger partial charge in [-0.1, -0.05) is 33.1 Å². The van der Waals surface area contributed by atoms with Gasteiger partial charge in [0.1, 0.15) is 5.41 Å². The van der Waals surface area contributed by atoms with Crippen molar-refractivity contribution >= 4 is 5.91 Å². The molecule has 4 nitrogen and oxygen atoms in total. The highest BCUT2D eigenvalue weighted by Crippen LogP contribution is 2.35. The molecule has 1 amide bonds. The zero-order chi connectivity index (χ0) is 12.9. The van der Waals surface area contributed by atoms with Gasteiger partial charge in [-0.05, 0) is 18.8 Å². The Balaban J connectivity index is 2.53. The molecule has 0 heterocycles. The first kappa shape index (κ1) is 14.0. The van der Waals surface area contributed by atoms with E-state index in [9.17, 15) is 15.2 Å². The molecule has 17 heavy (non-hydrogen) atoms. The van der Waals surface area contributed by atoms with E-state index < -0.39 is 11.5 Å². The summed E-state index contributed by atoms with van der Waals surface area (Å²) in [7, 11) is 0. The average Bonchev–Trinajstić information content (AvgIpc) is 2.36. The average molecular weight is 238 g/mol. The Morgan fingerprint density at radius 2 is 2.00 bits per heavy atom. The third kappa shape index (κ3) is 3.44. The van der Waals surface area contributed by atoms with Crippen molar-refractivity contribution in [3.63, 3.8) is 0 Å². The summed E-state index contributed by atoms with van der Waals surface area (Å²) < 4.78 is 0. The minimum absolute atomic E-state index is 0.111. The van der Waals surface area contributed by atoms with Crippen molar-refractivity contribution in [2.45, 2.75) is 52.1 Å². The standard InChI is InChI=1S/C13H22N2O2/c1-10(2)11(16)8-15-12(17)13(9-14)6-4-3-5-7-13/h10-11,16H,3-8H2,1-2H3,(H,15,17). The fourth-order valence-corrected chi connectivity index (χ4v) is 2.15. The summed E-state index contributed by atoms with van der Waals surface area (Å²) in [4.78, 5) is 12.0. The summed E-state index contributed by atoms with van der Waals surface area (Å²) in [5.74, 6) is -0.0981. The molecule has 1 rings (SSSR count). The Kier molecular flexibility index (Phi) is 4.95. The second kappa shape index (κ2) is 6.02. The first-order valence-corrected chi connectivity index (χ1v) is 6.39. The van der Waals surface area contributed by atoms with Gasteiger partial charge in [0, 0.05) is 6.54 Å². The molecule has 1 atom stereocenters. The molecule has 4 heteroatoms. The zero-order valence-corrected chi connectivity index (χ0v) is 10.7. The van der Waals surface area contributed by atoms with E-state index in [1.165, 1.54) is 0 Å². The van der Waals surface area contributed by atoms with Crippen LogP contribution in [0, 0.1) is 22.7 Å². The molecule has 1 unspecified atom stereocenters. The van der Waals surface area contributed by atoms with Crippen molar-refractivity contribution in [3.05, 3.63) is 0 Å². The fraction of sp³-hybridized carbons (Fsp3) is 0.846. The Morgan fingerprint density at radius 1 is 1.41 bits per heavy atom. The Hall–Kier alpha value is -1.08. The van der Waals surface area contributed by atoms with Crippen LogP contribution in [0.1, 0.15) is 46.0 Å². The summed E-state index contributed by atoms with van der Waals surface area (Å²) in [6, 6.07) is 2.18. The fourth-order valence-electron chi connectivity index (χ4n) is 2.15. The summed E-state index contributed by atoms with van der Waals surface area (Å²) in [6.07, 6.45) is 3.73. The van der Waals surface area contributed by atoms with E-state index in [1.54, 1.807) is 0 Å². The van der Waals surface area contributed by atoms with Crippen LogP contribution < -0.4 is 5.32 Å². The second-order valence-corrected chi connectivity index (χ2v) is 5.28. The van der Waals surface area contributed by atoms with Crippen molar-refractivity contribution in [2.24, 2.45) is 11.3 Å². The van der Waals surface area contributed by atoms with E-state index in [0.717, 1.165) is 19.3 Å². The van der Waals surface area contributed by atoms with E-state index in [2.05, 4.69) is 11.4 Å². The first-order chi connectivity index (χ1) is 8.02. The van der Waals surface area contributed by atoms with Crippen molar-refractivity contribution in [1.29, 1.82) is 5.26 Å². The summed E-state index contributed by atoms with van der Waals surface area (Å²) >= 11 is 0. The molecule has 0 aromatic carbocycles. The van der Waals surface area contributed by atoms with E-state index in [0.29, 0.717) is 12.8 Å². The van der Waals surface area contributed by atoms with Gasteiger partial charge in [0.15, 0.2) is 0 Å². The van der Waals surface area contributed by atoms with Crippen LogP contribution in [0.15, 0.2) is 0 Å². The Labute approximate surface area is 103 Å². The van der Waals surface area contributed by atoms with Gasteiger partial charge in [0.05, 0.1) is 12.2 Å². The molecule has 1 aliphatic rings. The number of nitriles is 1. The molecule has 0 aromatic rings. The molecule has 1 aliphatic carbocycles. The van der Waals surface area contributed by atoms with Crippen LogP contribution in [0.25, 0.3) is 0 Å². The van der Waals surface area contributed by atoms with Gasteiger partial charge in [-0.2, -0.15) is 5.26 Å². The minimum atomic E-state index is -0.852. The normalized spacial score (nSPS) is 20.6. The molecule has 0 bridgehead atoms. The highest BCUT2D eigenvalue weighted by atomic mass is 16.3. The van der Waals surface area contributed by atoms with Crippen LogP contribution in [0.4, 0.5) is 0 Å². The highest BCUT2D eigenvalue weighted by molar-refractivity contribution is 5.85. The maximum absolute atomic E-state index is 12.0. The molecular formula is C13H22N2O2. The number of carbonyl (C=O) groups is 1. The number of hydrogen-bond acceptors (Lipinski definition) is 3. The van der Waals surface area contributed by atoms with Crippen LogP contribution >= 0.6 is 0 Å². The van der Waals surface area contributed by atoms with Gasteiger partial charge < -0.3 is 10.4 Å². The zero-order valence-electron chi connectivity index (χ0n) is 10.7. The van der Waals surface area contributed by atoms with Crippen molar-refractivity contribution in [3.8, 4) is 6.07 Å². The summed E-state index contributed by atoms with van der Waals surface area (Å²) in [6.45, 7) is 4.04. The maximum Gasteiger partial charge on any atom is 0.240 e.